The van der Waals surface area contributed by atoms with Gasteiger partial charge in [0.1, 0.15) is 18.5 Å². The first-order chi connectivity index (χ1) is 11.8. The van der Waals surface area contributed by atoms with E-state index in [4.69, 9.17) is 9.72 Å². The Balaban J connectivity index is 1.57. The van der Waals surface area contributed by atoms with Crippen molar-refractivity contribution < 1.29 is 9.53 Å². The molecular formula is C18H19N3O2S. The number of hydrogen-bond acceptors (Lipinski definition) is 4. The molecule has 2 aromatic heterocycles. The number of fused-ring (bicyclic) bond motifs is 1. The van der Waals surface area contributed by atoms with E-state index in [0.29, 0.717) is 6.54 Å². The first-order valence-electron chi connectivity index (χ1n) is 8.17. The highest BCUT2D eigenvalue weighted by atomic mass is 32.1. The Morgan fingerprint density at radius 3 is 3.04 bits per heavy atom. The van der Waals surface area contributed by atoms with Gasteiger partial charge < -0.3 is 14.6 Å². The average Bonchev–Trinajstić information content (AvgIpc) is 3.34. The molecule has 1 aliphatic heterocycles. The van der Waals surface area contributed by atoms with E-state index in [9.17, 15) is 4.79 Å². The number of aromatic nitrogens is 2. The second kappa shape index (κ2) is 6.75. The number of nitrogens with one attached hydrogen (secondary N) is 1. The molecule has 6 heteroatoms. The Hall–Kier alpha value is -2.18. The fourth-order valence-corrected chi connectivity index (χ4v) is 3.73. The van der Waals surface area contributed by atoms with Crippen LogP contribution in [-0.2, 0) is 22.6 Å². The molecule has 0 spiro atoms. The molecule has 1 fully saturated rings. The number of benzene rings is 1. The van der Waals surface area contributed by atoms with Crippen LogP contribution in [-0.4, -0.2) is 22.1 Å². The van der Waals surface area contributed by atoms with Gasteiger partial charge in [-0.15, -0.1) is 11.3 Å². The molecule has 1 N–H and O–H groups in total. The van der Waals surface area contributed by atoms with Gasteiger partial charge in [-0.05, 0) is 36.4 Å². The summed E-state index contributed by atoms with van der Waals surface area (Å²) < 4.78 is 7.79. The Morgan fingerprint density at radius 2 is 2.25 bits per heavy atom. The van der Waals surface area contributed by atoms with Gasteiger partial charge in [0.05, 0.1) is 17.6 Å². The zero-order valence-corrected chi connectivity index (χ0v) is 14.1. The van der Waals surface area contributed by atoms with Crippen LogP contribution in [0, 0.1) is 0 Å². The highest BCUT2D eigenvalue weighted by Gasteiger charge is 2.25. The van der Waals surface area contributed by atoms with Crippen LogP contribution >= 0.6 is 11.3 Å². The molecule has 1 amide bonds. The molecule has 0 saturated carbocycles. The normalized spacial score (nSPS) is 17.4. The summed E-state index contributed by atoms with van der Waals surface area (Å²) in [5, 5.41) is 5.00. The molecule has 0 unspecified atom stereocenters. The smallest absolute Gasteiger partial charge is 0.240 e. The van der Waals surface area contributed by atoms with Gasteiger partial charge in [-0.2, -0.15) is 0 Å². The highest BCUT2D eigenvalue weighted by molar-refractivity contribution is 7.09. The first-order valence-corrected chi connectivity index (χ1v) is 9.05. The molecule has 3 aromatic rings. The summed E-state index contributed by atoms with van der Waals surface area (Å²) in [6.45, 7) is 1.60. The highest BCUT2D eigenvalue weighted by Crippen LogP contribution is 2.30. The number of para-hydroxylation sites is 2. The maximum absolute atomic E-state index is 12.4. The Bertz CT molecular complexity index is 835. The van der Waals surface area contributed by atoms with Crippen molar-refractivity contribution in [3.63, 3.8) is 0 Å². The third-order valence-corrected chi connectivity index (χ3v) is 5.12. The van der Waals surface area contributed by atoms with E-state index in [0.717, 1.165) is 41.2 Å². The first kappa shape index (κ1) is 15.4. The zero-order valence-electron chi connectivity index (χ0n) is 13.3. The molecule has 5 nitrogen and oxygen atoms in total. The number of amides is 1. The van der Waals surface area contributed by atoms with Gasteiger partial charge in [-0.1, -0.05) is 18.2 Å². The summed E-state index contributed by atoms with van der Waals surface area (Å²) in [5.41, 5.74) is 1.89. The zero-order chi connectivity index (χ0) is 16.4. The van der Waals surface area contributed by atoms with Crippen molar-refractivity contribution in [2.24, 2.45) is 0 Å². The van der Waals surface area contributed by atoms with Crippen molar-refractivity contribution >= 4 is 28.3 Å². The lowest BCUT2D eigenvalue weighted by molar-refractivity contribution is -0.121. The van der Waals surface area contributed by atoms with E-state index in [1.54, 1.807) is 11.3 Å². The van der Waals surface area contributed by atoms with E-state index >= 15 is 0 Å². The maximum Gasteiger partial charge on any atom is 0.240 e. The predicted octanol–water partition coefficient (Wildman–Crippen LogP) is 3.27. The summed E-state index contributed by atoms with van der Waals surface area (Å²) in [6.07, 6.45) is 1.99. The van der Waals surface area contributed by atoms with Crippen molar-refractivity contribution in [2.45, 2.75) is 32.0 Å². The van der Waals surface area contributed by atoms with Crippen molar-refractivity contribution in [3.8, 4) is 0 Å². The van der Waals surface area contributed by atoms with Crippen LogP contribution in [0.4, 0.5) is 0 Å². The van der Waals surface area contributed by atoms with Crippen LogP contribution < -0.4 is 5.32 Å². The van der Waals surface area contributed by atoms with Crippen molar-refractivity contribution in [1.29, 1.82) is 0 Å². The molecule has 1 atom stereocenters. The second-order valence-electron chi connectivity index (χ2n) is 5.90. The molecule has 1 saturated heterocycles. The number of nitrogens with zero attached hydrogens (tertiary/aromatic N) is 2. The van der Waals surface area contributed by atoms with Crippen LogP contribution in [0.5, 0.6) is 0 Å². The van der Waals surface area contributed by atoms with Crippen LogP contribution in [0.2, 0.25) is 0 Å². The van der Waals surface area contributed by atoms with Gasteiger partial charge in [0.25, 0.3) is 0 Å². The van der Waals surface area contributed by atoms with E-state index < -0.39 is 0 Å². The summed E-state index contributed by atoms with van der Waals surface area (Å²) in [4.78, 5) is 18.3. The van der Waals surface area contributed by atoms with E-state index in [1.807, 2.05) is 46.3 Å². The number of imidazole rings is 1. The lowest BCUT2D eigenvalue weighted by Crippen LogP contribution is -2.27. The standard InChI is InChI=1S/C18H19N3O2S/c22-17(19-11-13-5-4-10-24-13)12-21-15-7-2-1-6-14(15)20-18(21)16-8-3-9-23-16/h1-2,4-7,10,16H,3,8-9,11-12H2,(H,19,22)/t16-/m1/s1. The minimum Gasteiger partial charge on any atom is -0.370 e. The second-order valence-corrected chi connectivity index (χ2v) is 6.93. The SMILES string of the molecule is O=C(Cn1c([C@H]2CCCO2)nc2ccccc21)NCc1cccs1. The molecule has 124 valence electrons. The minimum absolute atomic E-state index is 0.00852. The lowest BCUT2D eigenvalue weighted by atomic mass is 10.2. The largest absolute Gasteiger partial charge is 0.370 e. The molecule has 4 rings (SSSR count). The van der Waals surface area contributed by atoms with Crippen LogP contribution in [0.3, 0.4) is 0 Å². The van der Waals surface area contributed by atoms with Gasteiger partial charge in [-0.25, -0.2) is 4.98 Å². The van der Waals surface area contributed by atoms with E-state index in [2.05, 4.69) is 5.32 Å². The fraction of sp³-hybridized carbons (Fsp3) is 0.333. The molecular weight excluding hydrogens is 322 g/mol. The molecule has 1 aromatic carbocycles. The van der Waals surface area contributed by atoms with E-state index in [-0.39, 0.29) is 18.6 Å². The minimum atomic E-state index is -0.0116. The van der Waals surface area contributed by atoms with Crippen LogP contribution in [0.15, 0.2) is 41.8 Å². The molecule has 0 radical (unpaired) electrons. The number of hydrogen-bond donors (Lipinski definition) is 1. The number of ether oxygens (including phenoxy) is 1. The number of thiophene rings is 1. The van der Waals surface area contributed by atoms with Crippen LogP contribution in [0.25, 0.3) is 11.0 Å². The Kier molecular flexibility index (Phi) is 4.32. The lowest BCUT2D eigenvalue weighted by Gasteiger charge is -2.13. The summed E-state index contributed by atoms with van der Waals surface area (Å²) in [6, 6.07) is 11.9. The topological polar surface area (TPSA) is 56.2 Å². The Labute approximate surface area is 144 Å². The third-order valence-electron chi connectivity index (χ3n) is 4.24. The number of carbonyl (C=O) groups is 1. The third kappa shape index (κ3) is 3.07. The maximum atomic E-state index is 12.4. The van der Waals surface area contributed by atoms with E-state index in [1.165, 1.54) is 0 Å². The summed E-state index contributed by atoms with van der Waals surface area (Å²) >= 11 is 1.65. The van der Waals surface area contributed by atoms with Gasteiger partial charge in [-0.3, -0.25) is 4.79 Å². The van der Waals surface area contributed by atoms with Gasteiger partial charge in [0, 0.05) is 11.5 Å². The number of rotatable bonds is 5. The quantitative estimate of drug-likeness (QED) is 0.775. The summed E-state index contributed by atoms with van der Waals surface area (Å²) in [5.74, 6) is 0.853. The van der Waals surface area contributed by atoms with Crippen molar-refractivity contribution in [3.05, 3.63) is 52.5 Å². The molecule has 1 aliphatic rings. The van der Waals surface area contributed by atoms with Gasteiger partial charge >= 0.3 is 0 Å². The summed E-state index contributed by atoms with van der Waals surface area (Å²) in [7, 11) is 0. The Morgan fingerprint density at radius 1 is 1.33 bits per heavy atom. The molecule has 24 heavy (non-hydrogen) atoms. The average molecular weight is 341 g/mol. The molecule has 0 aliphatic carbocycles. The molecule has 3 heterocycles. The van der Waals surface area contributed by atoms with Crippen molar-refractivity contribution in [1.82, 2.24) is 14.9 Å². The van der Waals surface area contributed by atoms with Gasteiger partial charge in [0.2, 0.25) is 5.91 Å². The fourth-order valence-electron chi connectivity index (χ4n) is 3.09. The monoisotopic (exact) mass is 341 g/mol. The van der Waals surface area contributed by atoms with Gasteiger partial charge in [0.15, 0.2) is 0 Å². The van der Waals surface area contributed by atoms with Crippen molar-refractivity contribution in [2.75, 3.05) is 6.61 Å². The number of carbonyl (C=O) groups excluding carboxylic acids is 1. The molecule has 0 bridgehead atoms. The van der Waals surface area contributed by atoms with Crippen LogP contribution in [0.1, 0.15) is 29.6 Å². The predicted molar refractivity (Wildman–Crippen MR) is 93.8 cm³/mol.